The molecule has 1 aromatic rings. The molecule has 1 unspecified atom stereocenters. The van der Waals surface area contributed by atoms with Gasteiger partial charge in [-0.15, -0.1) is 0 Å². The van der Waals surface area contributed by atoms with Crippen LogP contribution in [0.1, 0.15) is 43.6 Å². The van der Waals surface area contributed by atoms with Gasteiger partial charge in [0, 0.05) is 18.8 Å². The van der Waals surface area contributed by atoms with Crippen LogP contribution >= 0.6 is 0 Å². The van der Waals surface area contributed by atoms with Crippen LogP contribution < -0.4 is 11.1 Å². The van der Waals surface area contributed by atoms with Crippen molar-refractivity contribution in [2.24, 2.45) is 5.92 Å². The molecule has 17 heavy (non-hydrogen) atoms. The van der Waals surface area contributed by atoms with E-state index in [-0.39, 0.29) is 11.9 Å². The Morgan fingerprint density at radius 2 is 2.35 bits per heavy atom. The van der Waals surface area contributed by atoms with Crippen LogP contribution in [0.5, 0.6) is 0 Å². The molecule has 1 fully saturated rings. The third kappa shape index (κ3) is 2.46. The molecule has 1 amide bonds. The number of nitrogens with zero attached hydrogens (tertiary/aromatic N) is 1. The first-order chi connectivity index (χ1) is 8.11. The van der Waals surface area contributed by atoms with E-state index in [1.807, 2.05) is 17.7 Å². The van der Waals surface area contributed by atoms with Crippen LogP contribution in [0, 0.1) is 5.92 Å². The maximum atomic E-state index is 12.1. The topological polar surface area (TPSA) is 60.0 Å². The molecule has 3 N–H and O–H groups in total. The summed E-state index contributed by atoms with van der Waals surface area (Å²) in [6.07, 6.45) is 5.57. The van der Waals surface area contributed by atoms with E-state index in [4.69, 9.17) is 5.73 Å². The standard InChI is InChI=1S/C13H21N3O/c1-3-16-8-11(14)7-12(16)13(17)15-9(2)10-5-4-6-10/h7-10H,3-6,14H2,1-2H3,(H,15,17). The minimum absolute atomic E-state index is 0.0112. The first-order valence-electron chi connectivity index (χ1n) is 6.38. The summed E-state index contributed by atoms with van der Waals surface area (Å²) in [6.45, 7) is 4.85. The van der Waals surface area contributed by atoms with Crippen molar-refractivity contribution >= 4 is 11.6 Å². The fourth-order valence-electron chi connectivity index (χ4n) is 2.32. The van der Waals surface area contributed by atoms with Gasteiger partial charge in [0.1, 0.15) is 5.69 Å². The van der Waals surface area contributed by atoms with E-state index >= 15 is 0 Å². The highest BCUT2D eigenvalue weighted by atomic mass is 16.2. The largest absolute Gasteiger partial charge is 0.397 e. The van der Waals surface area contributed by atoms with Crippen molar-refractivity contribution in [3.05, 3.63) is 18.0 Å². The van der Waals surface area contributed by atoms with Crippen LogP contribution in [-0.2, 0) is 6.54 Å². The van der Waals surface area contributed by atoms with Gasteiger partial charge in [0.15, 0.2) is 0 Å². The molecule has 0 bridgehead atoms. The number of nitrogens with two attached hydrogens (primary N) is 1. The van der Waals surface area contributed by atoms with Gasteiger partial charge in [-0.05, 0) is 38.7 Å². The minimum atomic E-state index is -0.0112. The Bertz CT molecular complexity index is 407. The van der Waals surface area contributed by atoms with Crippen molar-refractivity contribution in [3.63, 3.8) is 0 Å². The molecule has 1 aliphatic carbocycles. The maximum absolute atomic E-state index is 12.1. The zero-order chi connectivity index (χ0) is 12.4. The predicted molar refractivity (Wildman–Crippen MR) is 68.8 cm³/mol. The monoisotopic (exact) mass is 235 g/mol. The van der Waals surface area contributed by atoms with Crippen LogP contribution in [0.3, 0.4) is 0 Å². The number of nitrogens with one attached hydrogen (secondary N) is 1. The van der Waals surface area contributed by atoms with E-state index in [1.165, 1.54) is 19.3 Å². The van der Waals surface area contributed by atoms with Gasteiger partial charge >= 0.3 is 0 Å². The number of hydrogen-bond donors (Lipinski definition) is 2. The Morgan fingerprint density at radius 3 is 2.88 bits per heavy atom. The second-order valence-electron chi connectivity index (χ2n) is 4.90. The first kappa shape index (κ1) is 12.0. The van der Waals surface area contributed by atoms with E-state index in [2.05, 4.69) is 12.2 Å². The van der Waals surface area contributed by atoms with Crippen molar-refractivity contribution in [1.29, 1.82) is 0 Å². The zero-order valence-electron chi connectivity index (χ0n) is 10.6. The number of hydrogen-bond acceptors (Lipinski definition) is 2. The smallest absolute Gasteiger partial charge is 0.268 e. The lowest BCUT2D eigenvalue weighted by Crippen LogP contribution is -2.41. The van der Waals surface area contributed by atoms with Crippen LogP contribution in [0.2, 0.25) is 0 Å². The molecule has 4 heteroatoms. The normalized spacial score (nSPS) is 17.5. The molecule has 0 saturated heterocycles. The summed E-state index contributed by atoms with van der Waals surface area (Å²) >= 11 is 0. The Hall–Kier alpha value is -1.45. The Balaban J connectivity index is 2.02. The quantitative estimate of drug-likeness (QED) is 0.838. The molecule has 1 aromatic heterocycles. The third-order valence-electron chi connectivity index (χ3n) is 3.71. The summed E-state index contributed by atoms with van der Waals surface area (Å²) in [5.41, 5.74) is 7.03. The lowest BCUT2D eigenvalue weighted by Gasteiger charge is -2.31. The van der Waals surface area contributed by atoms with Crippen molar-refractivity contribution in [2.45, 2.75) is 45.7 Å². The third-order valence-corrected chi connectivity index (χ3v) is 3.71. The van der Waals surface area contributed by atoms with Crippen LogP contribution in [-0.4, -0.2) is 16.5 Å². The molecule has 2 rings (SSSR count). The Labute approximate surface area is 102 Å². The molecule has 1 saturated carbocycles. The Kier molecular flexibility index (Phi) is 3.41. The predicted octanol–water partition coefficient (Wildman–Crippen LogP) is 2.01. The van der Waals surface area contributed by atoms with Crippen molar-refractivity contribution in [3.8, 4) is 0 Å². The second kappa shape index (κ2) is 4.82. The summed E-state index contributed by atoms with van der Waals surface area (Å²) in [5, 5.41) is 3.07. The molecule has 1 heterocycles. The molecule has 0 spiro atoms. The number of aromatic nitrogens is 1. The minimum Gasteiger partial charge on any atom is -0.397 e. The molecular weight excluding hydrogens is 214 g/mol. The fraction of sp³-hybridized carbons (Fsp3) is 0.615. The van der Waals surface area contributed by atoms with Crippen molar-refractivity contribution in [2.75, 3.05) is 5.73 Å². The maximum Gasteiger partial charge on any atom is 0.268 e. The molecule has 1 aliphatic rings. The van der Waals surface area contributed by atoms with Crippen LogP contribution in [0.25, 0.3) is 0 Å². The highest BCUT2D eigenvalue weighted by Gasteiger charge is 2.25. The SMILES string of the molecule is CCn1cc(N)cc1C(=O)NC(C)C1CCC1. The number of amides is 1. The van der Waals surface area contributed by atoms with Gasteiger partial charge in [0.05, 0.1) is 5.69 Å². The molecular formula is C13H21N3O. The van der Waals surface area contributed by atoms with Gasteiger partial charge in [-0.25, -0.2) is 0 Å². The summed E-state index contributed by atoms with van der Waals surface area (Å²) in [6, 6.07) is 2.00. The number of aryl methyl sites for hydroxylation is 1. The van der Waals surface area contributed by atoms with E-state index in [0.717, 1.165) is 6.54 Å². The summed E-state index contributed by atoms with van der Waals surface area (Å²) < 4.78 is 1.89. The van der Waals surface area contributed by atoms with Crippen molar-refractivity contribution < 1.29 is 4.79 Å². The number of anilines is 1. The van der Waals surface area contributed by atoms with E-state index in [0.29, 0.717) is 17.3 Å². The molecule has 1 atom stereocenters. The van der Waals surface area contributed by atoms with E-state index < -0.39 is 0 Å². The lowest BCUT2D eigenvalue weighted by molar-refractivity contribution is 0.0900. The van der Waals surface area contributed by atoms with Crippen LogP contribution in [0.4, 0.5) is 5.69 Å². The van der Waals surface area contributed by atoms with E-state index in [9.17, 15) is 4.79 Å². The van der Waals surface area contributed by atoms with E-state index in [1.54, 1.807) is 6.07 Å². The Morgan fingerprint density at radius 1 is 1.65 bits per heavy atom. The molecule has 0 aliphatic heterocycles. The summed E-state index contributed by atoms with van der Waals surface area (Å²) in [5.74, 6) is 0.643. The highest BCUT2D eigenvalue weighted by molar-refractivity contribution is 5.94. The second-order valence-corrected chi connectivity index (χ2v) is 4.90. The van der Waals surface area contributed by atoms with Crippen molar-refractivity contribution in [1.82, 2.24) is 9.88 Å². The molecule has 94 valence electrons. The lowest BCUT2D eigenvalue weighted by atomic mass is 9.80. The first-order valence-corrected chi connectivity index (χ1v) is 6.38. The molecule has 0 aromatic carbocycles. The fourth-order valence-corrected chi connectivity index (χ4v) is 2.32. The van der Waals surface area contributed by atoms with Gasteiger partial charge in [-0.2, -0.15) is 0 Å². The number of carbonyl (C=O) groups is 1. The average molecular weight is 235 g/mol. The van der Waals surface area contributed by atoms with Gasteiger partial charge in [0.25, 0.3) is 5.91 Å². The average Bonchev–Trinajstić information content (AvgIpc) is 2.56. The van der Waals surface area contributed by atoms with Gasteiger partial charge in [-0.3, -0.25) is 4.79 Å². The highest BCUT2D eigenvalue weighted by Crippen LogP contribution is 2.29. The van der Waals surface area contributed by atoms with Crippen LogP contribution in [0.15, 0.2) is 12.3 Å². The molecule has 0 radical (unpaired) electrons. The summed E-state index contributed by atoms with van der Waals surface area (Å²) in [4.78, 5) is 12.1. The van der Waals surface area contributed by atoms with Gasteiger partial charge < -0.3 is 15.6 Å². The number of nitrogen functional groups attached to an aromatic ring is 1. The zero-order valence-corrected chi connectivity index (χ0v) is 10.6. The van der Waals surface area contributed by atoms with Gasteiger partial charge in [0.2, 0.25) is 0 Å². The number of rotatable bonds is 4. The van der Waals surface area contributed by atoms with Gasteiger partial charge in [-0.1, -0.05) is 6.42 Å². The molecule has 4 nitrogen and oxygen atoms in total. The number of carbonyl (C=O) groups excluding carboxylic acids is 1. The summed E-state index contributed by atoms with van der Waals surface area (Å²) in [7, 11) is 0.